The molecule has 0 radical (unpaired) electrons. The predicted octanol–water partition coefficient (Wildman–Crippen LogP) is 4.40. The van der Waals surface area contributed by atoms with Crippen molar-refractivity contribution in [3.63, 3.8) is 0 Å². The average Bonchev–Trinajstić information content (AvgIpc) is 3.35. The van der Waals surface area contributed by atoms with Crippen molar-refractivity contribution < 1.29 is 4.79 Å². The number of anilines is 1. The van der Waals surface area contributed by atoms with Gasteiger partial charge in [-0.25, -0.2) is 0 Å². The molecule has 1 saturated carbocycles. The molecule has 3 aromatic rings. The largest absolute Gasteiger partial charge is 0.374 e. The molecule has 1 atom stereocenters. The fourth-order valence-corrected chi connectivity index (χ4v) is 6.50. The van der Waals surface area contributed by atoms with Crippen LogP contribution < -0.4 is 5.73 Å². The number of nitrogens with two attached hydrogens (primary N) is 1. The van der Waals surface area contributed by atoms with E-state index in [9.17, 15) is 4.79 Å². The number of aromatic nitrogens is 3. The number of nitrogens with one attached hydrogen (secondary N) is 1. The molecule has 1 unspecified atom stereocenters. The normalized spacial score (nSPS) is 20.1. The van der Waals surface area contributed by atoms with Crippen molar-refractivity contribution >= 4 is 45.0 Å². The molecular formula is C21H25N5OS2. The molecule has 1 aromatic carbocycles. The summed E-state index contributed by atoms with van der Waals surface area (Å²) in [7, 11) is 0. The molecule has 152 valence electrons. The summed E-state index contributed by atoms with van der Waals surface area (Å²) in [4.78, 5) is 19.1. The van der Waals surface area contributed by atoms with Gasteiger partial charge in [0.15, 0.2) is 4.34 Å². The van der Waals surface area contributed by atoms with Crippen molar-refractivity contribution in [3.05, 3.63) is 35.5 Å². The summed E-state index contributed by atoms with van der Waals surface area (Å²) in [6.07, 6.45) is 7.14. The van der Waals surface area contributed by atoms with Gasteiger partial charge in [0.05, 0.1) is 11.8 Å². The zero-order valence-corrected chi connectivity index (χ0v) is 17.9. The number of aromatic amines is 1. The van der Waals surface area contributed by atoms with Crippen LogP contribution in [0.3, 0.4) is 0 Å². The van der Waals surface area contributed by atoms with Crippen molar-refractivity contribution in [1.82, 2.24) is 20.1 Å². The number of hydrogen-bond acceptors (Lipinski definition) is 6. The molecule has 1 fully saturated rings. The molecule has 0 bridgehead atoms. The highest BCUT2D eigenvalue weighted by atomic mass is 32.2. The van der Waals surface area contributed by atoms with Gasteiger partial charge in [-0.1, -0.05) is 60.6 Å². The Hall–Kier alpha value is -2.06. The van der Waals surface area contributed by atoms with Crippen LogP contribution >= 0.6 is 23.1 Å². The minimum Gasteiger partial charge on any atom is -0.374 e. The summed E-state index contributed by atoms with van der Waals surface area (Å²) in [5.74, 6) is 1.10. The van der Waals surface area contributed by atoms with E-state index >= 15 is 0 Å². The quantitative estimate of drug-likeness (QED) is 0.603. The summed E-state index contributed by atoms with van der Waals surface area (Å²) in [6.45, 7) is 0.785. The van der Waals surface area contributed by atoms with Gasteiger partial charge in [0.1, 0.15) is 0 Å². The lowest BCUT2D eigenvalue weighted by molar-refractivity contribution is -0.133. The number of benzene rings is 1. The number of carbonyl (C=O) groups excluding carboxylic acids is 1. The number of para-hydroxylation sites is 1. The first-order valence-electron chi connectivity index (χ1n) is 10.3. The highest BCUT2D eigenvalue weighted by Crippen LogP contribution is 2.44. The lowest BCUT2D eigenvalue weighted by Gasteiger charge is -2.41. The molecule has 0 spiro atoms. The van der Waals surface area contributed by atoms with E-state index in [-0.39, 0.29) is 11.9 Å². The summed E-state index contributed by atoms with van der Waals surface area (Å²) < 4.78 is 0.758. The predicted molar refractivity (Wildman–Crippen MR) is 118 cm³/mol. The third kappa shape index (κ3) is 3.64. The summed E-state index contributed by atoms with van der Waals surface area (Å²) >= 11 is 2.78. The van der Waals surface area contributed by atoms with Gasteiger partial charge in [0.25, 0.3) is 0 Å². The van der Waals surface area contributed by atoms with E-state index < -0.39 is 0 Å². The van der Waals surface area contributed by atoms with Crippen LogP contribution in [0.1, 0.15) is 49.4 Å². The van der Waals surface area contributed by atoms with Crippen molar-refractivity contribution in [2.24, 2.45) is 5.92 Å². The molecule has 29 heavy (non-hydrogen) atoms. The van der Waals surface area contributed by atoms with Crippen LogP contribution in [0.25, 0.3) is 10.9 Å². The number of H-pyrrole nitrogens is 1. The van der Waals surface area contributed by atoms with Crippen LogP contribution in [0, 0.1) is 5.92 Å². The summed E-state index contributed by atoms with van der Waals surface area (Å²) in [5.41, 5.74) is 9.53. The van der Waals surface area contributed by atoms with Gasteiger partial charge in [-0.05, 0) is 36.8 Å². The van der Waals surface area contributed by atoms with Crippen LogP contribution in [0.4, 0.5) is 5.13 Å². The molecule has 0 saturated heterocycles. The van der Waals surface area contributed by atoms with Crippen LogP contribution in [-0.4, -0.2) is 38.3 Å². The van der Waals surface area contributed by atoms with E-state index in [1.54, 1.807) is 0 Å². The van der Waals surface area contributed by atoms with Gasteiger partial charge in [-0.2, -0.15) is 0 Å². The van der Waals surface area contributed by atoms with Crippen molar-refractivity contribution in [2.45, 2.75) is 48.9 Å². The maximum atomic E-state index is 13.3. The Morgan fingerprint density at radius 3 is 2.86 bits per heavy atom. The second-order valence-electron chi connectivity index (χ2n) is 7.94. The number of hydrogen-bond donors (Lipinski definition) is 2. The number of carbonyl (C=O) groups is 1. The van der Waals surface area contributed by atoms with E-state index in [4.69, 9.17) is 5.73 Å². The Morgan fingerprint density at radius 2 is 2.07 bits per heavy atom. The Balaban J connectivity index is 1.44. The van der Waals surface area contributed by atoms with Gasteiger partial charge in [-0.3, -0.25) is 4.79 Å². The third-order valence-electron chi connectivity index (χ3n) is 6.24. The first-order valence-corrected chi connectivity index (χ1v) is 12.1. The van der Waals surface area contributed by atoms with Crippen molar-refractivity contribution in [1.29, 1.82) is 0 Å². The highest BCUT2D eigenvalue weighted by molar-refractivity contribution is 8.01. The molecule has 8 heteroatoms. The molecule has 1 aliphatic heterocycles. The molecular weight excluding hydrogens is 402 g/mol. The Bertz CT molecular complexity index is 1020. The van der Waals surface area contributed by atoms with Gasteiger partial charge < -0.3 is 15.6 Å². The van der Waals surface area contributed by atoms with Crippen LogP contribution in [0.2, 0.25) is 0 Å². The summed E-state index contributed by atoms with van der Waals surface area (Å²) in [6, 6.07) is 8.68. The van der Waals surface area contributed by atoms with Crippen molar-refractivity contribution in [2.75, 3.05) is 18.0 Å². The molecule has 6 nitrogen and oxygen atoms in total. The second-order valence-corrected chi connectivity index (χ2v) is 10.2. The molecule has 1 amide bonds. The van der Waals surface area contributed by atoms with Gasteiger partial charge in [-0.15, -0.1) is 10.2 Å². The average molecular weight is 428 g/mol. The topological polar surface area (TPSA) is 87.9 Å². The first kappa shape index (κ1) is 18.9. The Labute approximate surface area is 178 Å². The fraction of sp³-hybridized carbons (Fsp3) is 0.476. The number of rotatable bonds is 4. The Kier molecular flexibility index (Phi) is 5.22. The lowest BCUT2D eigenvalue weighted by atomic mass is 9.79. The zero-order chi connectivity index (χ0) is 19.8. The van der Waals surface area contributed by atoms with Gasteiger partial charge in [0.2, 0.25) is 11.0 Å². The van der Waals surface area contributed by atoms with Crippen molar-refractivity contribution in [3.8, 4) is 0 Å². The number of nitrogens with zero attached hydrogens (tertiary/aromatic N) is 3. The molecule has 2 aromatic heterocycles. The SMILES string of the molecule is Nc1nnc(SCC(=O)N2CCc3c([nH]c4ccccc34)C2C2CCCCC2)s1. The van der Waals surface area contributed by atoms with E-state index in [0.29, 0.717) is 16.8 Å². The van der Waals surface area contributed by atoms with E-state index in [2.05, 4.69) is 44.3 Å². The minimum atomic E-state index is 0.152. The smallest absolute Gasteiger partial charge is 0.233 e. The highest BCUT2D eigenvalue weighted by Gasteiger charge is 2.38. The molecule has 5 rings (SSSR count). The number of nitrogen functional groups attached to an aromatic ring is 1. The standard InChI is InChI=1S/C21H25N5OS2/c22-20-24-25-21(29-20)28-12-17(27)26-11-10-15-14-8-4-5-9-16(14)23-18(15)19(26)13-6-2-1-3-7-13/h4-5,8-9,13,19,23H,1-3,6-7,10-12H2,(H2,22,24). The molecule has 2 aliphatic rings. The fourth-order valence-electron chi connectivity index (χ4n) is 4.97. The van der Waals surface area contributed by atoms with E-state index in [0.717, 1.165) is 17.3 Å². The number of fused-ring (bicyclic) bond motifs is 3. The maximum Gasteiger partial charge on any atom is 0.233 e. The third-order valence-corrected chi connectivity index (χ3v) is 8.11. The van der Waals surface area contributed by atoms with E-state index in [1.165, 1.54) is 77.4 Å². The zero-order valence-electron chi connectivity index (χ0n) is 16.3. The molecule has 3 N–H and O–H groups in total. The van der Waals surface area contributed by atoms with Crippen LogP contribution in [0.15, 0.2) is 28.6 Å². The molecule has 1 aliphatic carbocycles. The second kappa shape index (κ2) is 7.99. The Morgan fingerprint density at radius 1 is 1.24 bits per heavy atom. The monoisotopic (exact) mass is 427 g/mol. The van der Waals surface area contributed by atoms with Crippen LogP contribution in [-0.2, 0) is 11.2 Å². The first-order chi connectivity index (χ1) is 14.2. The van der Waals surface area contributed by atoms with Gasteiger partial charge in [0, 0.05) is 23.1 Å². The van der Waals surface area contributed by atoms with Gasteiger partial charge >= 0.3 is 0 Å². The molecule has 3 heterocycles. The maximum absolute atomic E-state index is 13.3. The van der Waals surface area contributed by atoms with Crippen LogP contribution in [0.5, 0.6) is 0 Å². The van der Waals surface area contributed by atoms with E-state index in [1.807, 2.05) is 0 Å². The lowest BCUT2D eigenvalue weighted by Crippen LogP contribution is -2.44. The number of thioether (sulfide) groups is 1. The summed E-state index contributed by atoms with van der Waals surface area (Å²) in [5, 5.41) is 9.64. The minimum absolute atomic E-state index is 0.152. The number of amides is 1.